The molecule has 1 aliphatic rings. The predicted octanol–water partition coefficient (Wildman–Crippen LogP) is 3.46. The summed E-state index contributed by atoms with van der Waals surface area (Å²) in [5.41, 5.74) is 2.14. The van der Waals surface area contributed by atoms with Crippen molar-refractivity contribution < 1.29 is 19.1 Å². The Morgan fingerprint density at radius 1 is 1.06 bits per heavy atom. The van der Waals surface area contributed by atoms with Crippen molar-refractivity contribution in [3.8, 4) is 11.5 Å². The highest BCUT2D eigenvalue weighted by Gasteiger charge is 2.42. The maximum absolute atomic E-state index is 13.5. The zero-order chi connectivity index (χ0) is 24.0. The van der Waals surface area contributed by atoms with Crippen LogP contribution >= 0.6 is 0 Å². The molecule has 7 nitrogen and oxygen atoms in total. The van der Waals surface area contributed by atoms with Crippen molar-refractivity contribution in [2.24, 2.45) is 0 Å². The lowest BCUT2D eigenvalue weighted by Gasteiger charge is -2.40. The smallest absolute Gasteiger partial charge is 0.254 e. The molecule has 0 bridgehead atoms. The Morgan fingerprint density at radius 3 is 2.42 bits per heavy atom. The second-order valence-electron chi connectivity index (χ2n) is 8.21. The normalized spacial score (nSPS) is 17.6. The summed E-state index contributed by atoms with van der Waals surface area (Å²) in [5.74, 6) is 0.449. The lowest BCUT2D eigenvalue weighted by molar-refractivity contribution is -0.124. The maximum Gasteiger partial charge on any atom is 0.254 e. The van der Waals surface area contributed by atoms with Crippen LogP contribution in [0.3, 0.4) is 0 Å². The van der Waals surface area contributed by atoms with E-state index < -0.39 is 12.0 Å². The number of carbonyl (C=O) groups excluding carboxylic acids is 2. The van der Waals surface area contributed by atoms with Gasteiger partial charge in [-0.15, -0.1) is 0 Å². The highest BCUT2D eigenvalue weighted by atomic mass is 16.5. The number of carbonyl (C=O) groups is 2. The van der Waals surface area contributed by atoms with Gasteiger partial charge in [0.25, 0.3) is 5.91 Å². The minimum absolute atomic E-state index is 0.0823. The van der Waals surface area contributed by atoms with Crippen LogP contribution in [0.4, 0.5) is 0 Å². The first-order valence-electron chi connectivity index (χ1n) is 11.5. The fourth-order valence-electron chi connectivity index (χ4n) is 4.57. The predicted molar refractivity (Wildman–Crippen MR) is 129 cm³/mol. The molecule has 1 N–H and O–H groups in total. The fraction of sp³-hybridized carbons (Fsp3) is 0.462. The number of nitrogens with zero attached hydrogens (tertiary/aromatic N) is 2. The van der Waals surface area contributed by atoms with E-state index in [-0.39, 0.29) is 11.8 Å². The molecule has 3 rings (SSSR count). The van der Waals surface area contributed by atoms with Gasteiger partial charge in [-0.1, -0.05) is 38.1 Å². The summed E-state index contributed by atoms with van der Waals surface area (Å²) in [7, 11) is 4.91. The van der Waals surface area contributed by atoms with E-state index in [1.807, 2.05) is 36.4 Å². The standard InChI is InChI=1S/C26H35N3O4/c1-6-29(7-2)16-10-15-27-25(30)23-19-11-8-9-12-20(19)26(31)28(3)24(23)18-13-14-21(32-4)22(17-18)33-5/h8-9,11-14,17,23-24H,6-7,10,15-16H2,1-5H3,(H,27,30)/t23-,24-/m0/s1. The molecule has 2 aromatic carbocycles. The van der Waals surface area contributed by atoms with E-state index in [2.05, 4.69) is 24.1 Å². The molecule has 0 aliphatic carbocycles. The van der Waals surface area contributed by atoms with Crippen LogP contribution in [0, 0.1) is 0 Å². The number of methoxy groups -OCH3 is 2. The van der Waals surface area contributed by atoms with E-state index >= 15 is 0 Å². The molecule has 0 spiro atoms. The molecule has 0 saturated heterocycles. The van der Waals surface area contributed by atoms with Crippen LogP contribution in [0.2, 0.25) is 0 Å². The molecule has 0 aromatic heterocycles. The van der Waals surface area contributed by atoms with Gasteiger partial charge in [0.15, 0.2) is 11.5 Å². The Morgan fingerprint density at radius 2 is 1.76 bits per heavy atom. The average molecular weight is 454 g/mol. The fourth-order valence-corrected chi connectivity index (χ4v) is 4.57. The van der Waals surface area contributed by atoms with Crippen molar-refractivity contribution in [1.82, 2.24) is 15.1 Å². The zero-order valence-corrected chi connectivity index (χ0v) is 20.3. The summed E-state index contributed by atoms with van der Waals surface area (Å²) < 4.78 is 10.9. The largest absolute Gasteiger partial charge is 0.493 e. The number of rotatable bonds is 10. The van der Waals surface area contributed by atoms with Crippen LogP contribution < -0.4 is 14.8 Å². The molecule has 2 atom stereocenters. The number of nitrogens with one attached hydrogen (secondary N) is 1. The molecule has 1 heterocycles. The molecule has 0 saturated carbocycles. The summed E-state index contributed by atoms with van der Waals surface area (Å²) in [5, 5.41) is 3.12. The van der Waals surface area contributed by atoms with Crippen molar-refractivity contribution in [2.45, 2.75) is 32.2 Å². The molecule has 1 aliphatic heterocycles. The van der Waals surface area contributed by atoms with E-state index in [0.717, 1.165) is 37.2 Å². The van der Waals surface area contributed by atoms with E-state index in [1.54, 1.807) is 32.2 Å². The van der Waals surface area contributed by atoms with E-state index in [0.29, 0.717) is 23.6 Å². The lowest BCUT2D eigenvalue weighted by atomic mass is 9.79. The molecule has 33 heavy (non-hydrogen) atoms. The SMILES string of the molecule is CCN(CC)CCCNC(=O)[C@H]1c2ccccc2C(=O)N(C)[C@H]1c1ccc(OC)c(OC)c1. The third-order valence-electron chi connectivity index (χ3n) is 6.46. The number of likely N-dealkylation sites (N-methyl/N-ethyl adjacent to an activating group) is 1. The van der Waals surface area contributed by atoms with Gasteiger partial charge in [0.1, 0.15) is 0 Å². The molecular weight excluding hydrogens is 418 g/mol. The van der Waals surface area contributed by atoms with Crippen LogP contribution in [0.15, 0.2) is 42.5 Å². The molecule has 0 fully saturated rings. The first kappa shape index (κ1) is 24.6. The molecule has 0 radical (unpaired) electrons. The highest BCUT2D eigenvalue weighted by molar-refractivity contribution is 6.01. The third-order valence-corrected chi connectivity index (χ3v) is 6.46. The summed E-state index contributed by atoms with van der Waals surface area (Å²) in [6.07, 6.45) is 0.873. The van der Waals surface area contributed by atoms with Crippen LogP contribution in [0.1, 0.15) is 53.7 Å². The van der Waals surface area contributed by atoms with Gasteiger partial charge in [0.05, 0.1) is 26.2 Å². The number of amides is 2. The maximum atomic E-state index is 13.5. The van der Waals surface area contributed by atoms with Gasteiger partial charge in [0, 0.05) is 19.2 Å². The Balaban J connectivity index is 1.93. The van der Waals surface area contributed by atoms with Crippen molar-refractivity contribution in [1.29, 1.82) is 0 Å². The number of hydrogen-bond acceptors (Lipinski definition) is 5. The van der Waals surface area contributed by atoms with E-state index in [4.69, 9.17) is 9.47 Å². The molecule has 2 amide bonds. The summed E-state index contributed by atoms with van der Waals surface area (Å²) >= 11 is 0. The Bertz CT molecular complexity index is 974. The first-order chi connectivity index (χ1) is 16.0. The average Bonchev–Trinajstić information content (AvgIpc) is 2.85. The number of benzene rings is 2. The topological polar surface area (TPSA) is 71.1 Å². The minimum Gasteiger partial charge on any atom is -0.493 e. The van der Waals surface area contributed by atoms with Gasteiger partial charge >= 0.3 is 0 Å². The number of hydrogen-bond donors (Lipinski definition) is 1. The summed E-state index contributed by atoms with van der Waals surface area (Å²) in [6.45, 7) is 7.79. The molecule has 7 heteroatoms. The van der Waals surface area contributed by atoms with Crippen molar-refractivity contribution in [3.05, 3.63) is 59.2 Å². The van der Waals surface area contributed by atoms with Crippen LogP contribution in [0.5, 0.6) is 11.5 Å². The third kappa shape index (κ3) is 5.14. The van der Waals surface area contributed by atoms with Gasteiger partial charge in [0.2, 0.25) is 5.91 Å². The molecule has 178 valence electrons. The van der Waals surface area contributed by atoms with Gasteiger partial charge < -0.3 is 24.6 Å². The van der Waals surface area contributed by atoms with Crippen LogP contribution in [0.25, 0.3) is 0 Å². The van der Waals surface area contributed by atoms with Gasteiger partial charge in [-0.2, -0.15) is 0 Å². The first-order valence-corrected chi connectivity index (χ1v) is 11.5. The van der Waals surface area contributed by atoms with Crippen molar-refractivity contribution >= 4 is 11.8 Å². The molecule has 0 unspecified atom stereocenters. The highest BCUT2D eigenvalue weighted by Crippen LogP contribution is 2.43. The lowest BCUT2D eigenvalue weighted by Crippen LogP contribution is -2.46. The van der Waals surface area contributed by atoms with Gasteiger partial charge in [-0.05, 0) is 55.4 Å². The molecular formula is C26H35N3O4. The summed E-state index contributed by atoms with van der Waals surface area (Å²) in [6, 6.07) is 12.5. The second-order valence-corrected chi connectivity index (χ2v) is 8.21. The van der Waals surface area contributed by atoms with Gasteiger partial charge in [-0.25, -0.2) is 0 Å². The van der Waals surface area contributed by atoms with Gasteiger partial charge in [-0.3, -0.25) is 9.59 Å². The van der Waals surface area contributed by atoms with Crippen LogP contribution in [-0.4, -0.2) is 69.1 Å². The quantitative estimate of drug-likeness (QED) is 0.558. The zero-order valence-electron chi connectivity index (χ0n) is 20.3. The summed E-state index contributed by atoms with van der Waals surface area (Å²) in [4.78, 5) is 30.7. The van der Waals surface area contributed by atoms with E-state index in [1.165, 1.54) is 0 Å². The van der Waals surface area contributed by atoms with E-state index in [9.17, 15) is 9.59 Å². The number of ether oxygens (including phenoxy) is 2. The Labute approximate surface area is 196 Å². The Hall–Kier alpha value is -3.06. The van der Waals surface area contributed by atoms with Crippen molar-refractivity contribution in [2.75, 3.05) is 47.4 Å². The second kappa shape index (κ2) is 11.2. The molecule has 2 aromatic rings. The Kier molecular flexibility index (Phi) is 8.33. The number of fused-ring (bicyclic) bond motifs is 1. The van der Waals surface area contributed by atoms with Crippen LogP contribution in [-0.2, 0) is 4.79 Å². The minimum atomic E-state index is -0.532. The monoisotopic (exact) mass is 453 g/mol. The van der Waals surface area contributed by atoms with Crippen molar-refractivity contribution in [3.63, 3.8) is 0 Å².